The molecule has 0 spiro atoms. The van der Waals surface area contributed by atoms with E-state index in [0.29, 0.717) is 49.9 Å². The summed E-state index contributed by atoms with van der Waals surface area (Å²) in [4.78, 5) is 55.3. The van der Waals surface area contributed by atoms with Crippen LogP contribution in [0.25, 0.3) is 21.9 Å². The van der Waals surface area contributed by atoms with E-state index < -0.39 is 53.4 Å². The van der Waals surface area contributed by atoms with Gasteiger partial charge in [0, 0.05) is 99.3 Å². The Morgan fingerprint density at radius 3 is 2.27 bits per heavy atom. The fraction of sp³-hybridized carbons (Fsp3) is 0.429. The lowest BCUT2D eigenvalue weighted by atomic mass is 9.92. The zero-order valence-electron chi connectivity index (χ0n) is 32.8. The van der Waals surface area contributed by atoms with Crippen molar-refractivity contribution < 1.29 is 49.9 Å². The molecule has 18 heteroatoms. The normalized spacial score (nSPS) is 18.8. The molecule has 320 valence electrons. The predicted octanol–water partition coefficient (Wildman–Crippen LogP) is 6.82. The molecule has 7 rings (SSSR count). The average molecular weight is 845 g/mol. The fourth-order valence-corrected chi connectivity index (χ4v) is 8.44. The van der Waals surface area contributed by atoms with Crippen molar-refractivity contribution in [2.75, 3.05) is 43.4 Å². The number of aryl methyl sites for hydroxylation is 1. The topological polar surface area (TPSA) is 116 Å². The number of piperidine rings is 3. The summed E-state index contributed by atoms with van der Waals surface area (Å²) in [6, 6.07) is 10.8. The zero-order valence-corrected chi connectivity index (χ0v) is 32.8. The van der Waals surface area contributed by atoms with Crippen LogP contribution in [0.1, 0.15) is 49.7 Å². The average Bonchev–Trinajstić information content (AvgIpc) is 3.20. The van der Waals surface area contributed by atoms with Crippen molar-refractivity contribution in [3.05, 3.63) is 88.1 Å². The summed E-state index contributed by atoms with van der Waals surface area (Å²) >= 11 is 0. The molecule has 2 N–H and O–H groups in total. The molecule has 11 nitrogen and oxygen atoms in total. The van der Waals surface area contributed by atoms with Gasteiger partial charge >= 0.3 is 12.5 Å². The van der Waals surface area contributed by atoms with Gasteiger partial charge in [0.25, 0.3) is 5.56 Å². The number of hydrogen-bond acceptors (Lipinski definition) is 8. The number of rotatable bonds is 9. The fourth-order valence-electron chi connectivity index (χ4n) is 8.44. The molecule has 0 saturated carbocycles. The number of pyridine rings is 1. The van der Waals surface area contributed by atoms with E-state index in [1.54, 1.807) is 22.9 Å². The summed E-state index contributed by atoms with van der Waals surface area (Å²) in [6.07, 6.45) is -6.28. The molecule has 3 aliphatic rings. The number of alkyl halides is 6. The van der Waals surface area contributed by atoms with E-state index in [1.165, 1.54) is 54.2 Å². The molecule has 3 aliphatic heterocycles. The van der Waals surface area contributed by atoms with Crippen molar-refractivity contribution in [1.29, 1.82) is 0 Å². The van der Waals surface area contributed by atoms with Crippen LogP contribution in [-0.2, 0) is 34.2 Å². The quantitative estimate of drug-likeness (QED) is 0.140. The van der Waals surface area contributed by atoms with Gasteiger partial charge in [-0.2, -0.15) is 13.2 Å². The number of anilines is 2. The third-order valence-corrected chi connectivity index (χ3v) is 11.7. The number of benzene rings is 3. The molecule has 3 amide bonds. The Labute approximate surface area is 340 Å². The van der Waals surface area contributed by atoms with Crippen molar-refractivity contribution >= 4 is 39.9 Å². The standard InChI is InChI=1S/C42H43F7N6O5/c1-52-23-32(31-20-27(43)5-7-30(31)40(52)59)25-3-4-26(36(19-25)60-42(47,48)49)22-54-15-13-29(14-16-54)53(2)39(58)24-11-17-55(18-12-24)35-9-6-28(21-33(35)41(44,45)46)50-34-8-10-37(56)51-38(34)57/h3-7,9,19-21,23-24,29,34,50H,8,10-18,22H2,1-2H3,(H,51,56,57). The second-order valence-electron chi connectivity index (χ2n) is 15.6. The van der Waals surface area contributed by atoms with E-state index in [1.807, 2.05) is 4.90 Å². The molecule has 4 aromatic rings. The smallest absolute Gasteiger partial charge is 0.405 e. The Kier molecular flexibility index (Phi) is 11.9. The molecule has 60 heavy (non-hydrogen) atoms. The Morgan fingerprint density at radius 1 is 0.883 bits per heavy atom. The number of aromatic nitrogens is 1. The third kappa shape index (κ3) is 9.37. The summed E-state index contributed by atoms with van der Waals surface area (Å²) in [5.74, 6) is -2.59. The highest BCUT2D eigenvalue weighted by Gasteiger charge is 2.39. The minimum Gasteiger partial charge on any atom is -0.405 e. The molecule has 0 bridgehead atoms. The number of carbonyl (C=O) groups is 3. The van der Waals surface area contributed by atoms with Gasteiger partial charge in [-0.05, 0) is 85.5 Å². The number of fused-ring (bicyclic) bond motifs is 1. The van der Waals surface area contributed by atoms with E-state index in [4.69, 9.17) is 0 Å². The van der Waals surface area contributed by atoms with Crippen LogP contribution in [0.15, 0.2) is 65.6 Å². The van der Waals surface area contributed by atoms with Gasteiger partial charge < -0.3 is 24.4 Å². The van der Waals surface area contributed by atoms with Gasteiger partial charge in [0.1, 0.15) is 17.6 Å². The van der Waals surface area contributed by atoms with E-state index in [-0.39, 0.29) is 77.7 Å². The highest BCUT2D eigenvalue weighted by atomic mass is 19.4. The lowest BCUT2D eigenvalue weighted by molar-refractivity contribution is -0.275. The second-order valence-corrected chi connectivity index (χ2v) is 15.6. The number of nitrogens with one attached hydrogen (secondary N) is 2. The number of ether oxygens (including phenoxy) is 1. The van der Waals surface area contributed by atoms with Crippen molar-refractivity contribution in [3.63, 3.8) is 0 Å². The molecule has 3 aromatic carbocycles. The van der Waals surface area contributed by atoms with Gasteiger partial charge in [0.05, 0.1) is 5.56 Å². The number of nitrogens with zero attached hydrogens (tertiary/aromatic N) is 4. The van der Waals surface area contributed by atoms with Crippen LogP contribution < -0.4 is 25.8 Å². The van der Waals surface area contributed by atoms with Crippen molar-refractivity contribution in [2.24, 2.45) is 13.0 Å². The summed E-state index contributed by atoms with van der Waals surface area (Å²) in [5, 5.41) is 5.43. The summed E-state index contributed by atoms with van der Waals surface area (Å²) in [7, 11) is 3.20. The Balaban J connectivity index is 0.967. The number of hydrogen-bond donors (Lipinski definition) is 2. The van der Waals surface area contributed by atoms with Crippen molar-refractivity contribution in [1.82, 2.24) is 19.7 Å². The van der Waals surface area contributed by atoms with Crippen LogP contribution in [0, 0.1) is 11.7 Å². The summed E-state index contributed by atoms with van der Waals surface area (Å²) < 4.78 is 104. The van der Waals surface area contributed by atoms with Crippen LogP contribution in [0.5, 0.6) is 5.75 Å². The lowest BCUT2D eigenvalue weighted by Gasteiger charge is -2.40. The molecule has 3 fully saturated rings. The highest BCUT2D eigenvalue weighted by Crippen LogP contribution is 2.40. The molecule has 4 heterocycles. The van der Waals surface area contributed by atoms with E-state index in [9.17, 15) is 49.9 Å². The Hall–Kier alpha value is -5.65. The predicted molar refractivity (Wildman–Crippen MR) is 209 cm³/mol. The third-order valence-electron chi connectivity index (χ3n) is 11.7. The maximum atomic E-state index is 14.3. The Bertz CT molecular complexity index is 2350. The van der Waals surface area contributed by atoms with Gasteiger partial charge in [-0.15, -0.1) is 13.2 Å². The summed E-state index contributed by atoms with van der Waals surface area (Å²) in [6.45, 7) is 1.47. The van der Waals surface area contributed by atoms with Crippen LogP contribution in [-0.4, -0.2) is 83.8 Å². The molecule has 0 radical (unpaired) electrons. The molecule has 3 saturated heterocycles. The molecular formula is C42H43F7N6O5. The van der Waals surface area contributed by atoms with Crippen LogP contribution in [0.2, 0.25) is 0 Å². The first-order valence-electron chi connectivity index (χ1n) is 19.6. The number of amides is 3. The SMILES string of the molecule is CN(C(=O)C1CCN(c2ccc(NC3CCC(=O)NC3=O)cc2C(F)(F)F)CC1)C1CCN(Cc2ccc(-c3cn(C)c(=O)c4ccc(F)cc34)cc2OC(F)(F)F)CC1. The molecular weight excluding hydrogens is 801 g/mol. The Morgan fingerprint density at radius 2 is 1.60 bits per heavy atom. The largest absolute Gasteiger partial charge is 0.573 e. The first-order valence-corrected chi connectivity index (χ1v) is 19.6. The van der Waals surface area contributed by atoms with Gasteiger partial charge in [-0.3, -0.25) is 29.4 Å². The number of imide groups is 1. The zero-order chi connectivity index (χ0) is 43.1. The number of carbonyl (C=O) groups excluding carboxylic acids is 3. The maximum Gasteiger partial charge on any atom is 0.573 e. The number of likely N-dealkylation sites (tertiary alicyclic amines) is 1. The first kappa shape index (κ1) is 42.5. The van der Waals surface area contributed by atoms with E-state index in [2.05, 4.69) is 15.4 Å². The lowest BCUT2D eigenvalue weighted by Crippen LogP contribution is -2.49. The molecule has 1 atom stereocenters. The van der Waals surface area contributed by atoms with Crippen molar-refractivity contribution in [2.45, 2.75) is 69.7 Å². The van der Waals surface area contributed by atoms with E-state index in [0.717, 1.165) is 12.1 Å². The maximum absolute atomic E-state index is 14.3. The second kappa shape index (κ2) is 16.8. The molecule has 1 unspecified atom stereocenters. The van der Waals surface area contributed by atoms with Crippen LogP contribution >= 0.6 is 0 Å². The summed E-state index contributed by atoms with van der Waals surface area (Å²) in [5.41, 5.74) is -0.286. The minimum atomic E-state index is -5.00. The van der Waals surface area contributed by atoms with Crippen LogP contribution in [0.4, 0.5) is 42.1 Å². The first-order chi connectivity index (χ1) is 28.3. The molecule has 0 aliphatic carbocycles. The van der Waals surface area contributed by atoms with Gasteiger partial charge in [0.2, 0.25) is 17.7 Å². The van der Waals surface area contributed by atoms with Gasteiger partial charge in [-0.1, -0.05) is 12.1 Å². The monoisotopic (exact) mass is 844 g/mol. The van der Waals surface area contributed by atoms with E-state index >= 15 is 0 Å². The molecule has 1 aromatic heterocycles. The van der Waals surface area contributed by atoms with Crippen molar-refractivity contribution in [3.8, 4) is 16.9 Å². The number of halogens is 7. The van der Waals surface area contributed by atoms with Gasteiger partial charge in [0.15, 0.2) is 0 Å². The minimum absolute atomic E-state index is 0.0303. The highest BCUT2D eigenvalue weighted by molar-refractivity contribution is 6.01. The van der Waals surface area contributed by atoms with Crippen LogP contribution in [0.3, 0.4) is 0 Å². The van der Waals surface area contributed by atoms with Gasteiger partial charge in [-0.25, -0.2) is 4.39 Å².